The second-order valence-electron chi connectivity index (χ2n) is 11.4. The molecule has 0 spiro atoms. The average Bonchev–Trinajstić information content (AvgIpc) is 3.36. The Balaban J connectivity index is 0.00000221. The molecule has 0 N–H and O–H groups in total. The van der Waals surface area contributed by atoms with Gasteiger partial charge in [0.05, 0.1) is 12.2 Å². The van der Waals surface area contributed by atoms with Crippen LogP contribution in [0.1, 0.15) is 38.9 Å². The first kappa shape index (κ1) is 32.6. The molecule has 3 aromatic rings. The van der Waals surface area contributed by atoms with Crippen molar-refractivity contribution in [2.75, 3.05) is 22.9 Å². The van der Waals surface area contributed by atoms with E-state index < -0.39 is 0 Å². The monoisotopic (exact) mass is 618 g/mol. The number of allylic oxidation sites excluding steroid dienone is 6. The number of benzene rings is 3. The fraction of sp³-hybridized carbons (Fsp3) is 0.211. The van der Waals surface area contributed by atoms with Crippen molar-refractivity contribution in [3.63, 3.8) is 0 Å². The molecule has 0 aliphatic carbocycles. The normalized spacial score (nSPS) is 16.3. The molecule has 3 heterocycles. The third kappa shape index (κ3) is 6.17. The average molecular weight is 620 g/mol. The molecule has 0 radical (unpaired) electrons. The lowest BCUT2D eigenvalue weighted by Crippen LogP contribution is -3.00. The molecule has 6 rings (SSSR count). The Morgan fingerprint density at radius 2 is 1.25 bits per heavy atom. The van der Waals surface area contributed by atoms with Crippen LogP contribution < -0.4 is 34.6 Å². The van der Waals surface area contributed by atoms with E-state index >= 15 is 0 Å². The summed E-state index contributed by atoms with van der Waals surface area (Å²) in [5.41, 5.74) is 15.1. The highest BCUT2D eigenvalue weighted by molar-refractivity contribution is 5.97. The van der Waals surface area contributed by atoms with Crippen molar-refractivity contribution < 1.29 is 24.8 Å². The van der Waals surface area contributed by atoms with Crippen LogP contribution in [0.25, 0.3) is 6.08 Å². The van der Waals surface area contributed by atoms with Gasteiger partial charge in [0, 0.05) is 30.5 Å². The van der Waals surface area contributed by atoms with Gasteiger partial charge >= 0.3 is 0 Å². The van der Waals surface area contributed by atoms with E-state index in [9.17, 15) is 0 Å². The minimum absolute atomic E-state index is 0. The van der Waals surface area contributed by atoms with E-state index in [-0.39, 0.29) is 24.8 Å². The van der Waals surface area contributed by atoms with Crippen LogP contribution in [-0.4, -0.2) is 25.5 Å². The van der Waals surface area contributed by atoms with Crippen LogP contribution in [-0.2, 0) is 0 Å². The van der Waals surface area contributed by atoms with E-state index in [0.717, 1.165) is 46.8 Å². The lowest BCUT2D eigenvalue weighted by molar-refractivity contribution is -0.001000. The summed E-state index contributed by atoms with van der Waals surface area (Å²) in [6.07, 6.45) is 16.4. The maximum Gasteiger partial charge on any atom is 0.271 e. The molecule has 222 valence electrons. The fourth-order valence-corrected chi connectivity index (χ4v) is 6.62. The predicted octanol–water partition coefficient (Wildman–Crippen LogP) is 2.27. The fourth-order valence-electron chi connectivity index (χ4n) is 6.62. The minimum atomic E-state index is 0. The third-order valence-electron chi connectivity index (χ3n) is 8.03. The van der Waals surface area contributed by atoms with E-state index in [4.69, 9.17) is 4.99 Å². The summed E-state index contributed by atoms with van der Waals surface area (Å²) in [5.74, 6) is 1.13. The summed E-state index contributed by atoms with van der Waals surface area (Å²) in [4.78, 5) is 14.0. The van der Waals surface area contributed by atoms with Crippen molar-refractivity contribution in [2.45, 2.75) is 41.5 Å². The molecule has 4 nitrogen and oxygen atoms in total. The van der Waals surface area contributed by atoms with E-state index in [2.05, 4.69) is 123 Å². The van der Waals surface area contributed by atoms with Gasteiger partial charge < -0.3 is 34.6 Å². The molecule has 44 heavy (non-hydrogen) atoms. The minimum Gasteiger partial charge on any atom is -1.00 e. The van der Waals surface area contributed by atoms with Crippen molar-refractivity contribution in [2.24, 2.45) is 9.98 Å². The first-order valence-corrected chi connectivity index (χ1v) is 14.5. The number of halogens is 2. The largest absolute Gasteiger partial charge is 1.00 e. The number of rotatable bonds is 4. The molecule has 3 aliphatic rings. The molecule has 1 saturated heterocycles. The second-order valence-corrected chi connectivity index (χ2v) is 11.4. The highest BCUT2D eigenvalue weighted by Gasteiger charge is 2.41. The van der Waals surface area contributed by atoms with E-state index in [1.807, 2.05) is 24.4 Å². The van der Waals surface area contributed by atoms with Crippen LogP contribution in [0.5, 0.6) is 0 Å². The van der Waals surface area contributed by atoms with Crippen molar-refractivity contribution >= 4 is 29.9 Å². The van der Waals surface area contributed by atoms with Crippen LogP contribution in [0.4, 0.5) is 11.4 Å². The molecule has 6 heteroatoms. The summed E-state index contributed by atoms with van der Waals surface area (Å²) in [7, 11) is 0. The standard InChI is InChI=1S/C38H36N4.2ClH/c1-25-17-27(3)36(28(4)18-25)41-15-16-42(37-29(5)19-26(2)20-30(37)6)38(41)35-24-40-23-34(32-13-10-14-39-22-32)33(35)21-31-11-8-7-9-12-31;;/h7-14,17-21,24H,15-16H2,1-6H3;2*1H/q+2;;/p-2. The molecule has 0 amide bonds. The number of aryl methyl sites for hydroxylation is 6. The number of hydrogen-bond acceptors (Lipinski definition) is 4. The summed E-state index contributed by atoms with van der Waals surface area (Å²) >= 11 is 0. The SMILES string of the molecule is Cc1cc(C)c(N2CCN(c3c(C)cc(C)cc3C)C2=C2C=N[C+]=C(C3=[C+]N=CC=C3)C2=Cc2ccccc2)c(C)c1.[Cl-].[Cl-]. The van der Waals surface area contributed by atoms with E-state index in [0.29, 0.717) is 0 Å². The highest BCUT2D eigenvalue weighted by Crippen LogP contribution is 2.42. The van der Waals surface area contributed by atoms with Gasteiger partial charge in [-0.15, -0.1) is 0 Å². The van der Waals surface area contributed by atoms with Crippen LogP contribution in [0.3, 0.4) is 0 Å². The summed E-state index contributed by atoms with van der Waals surface area (Å²) < 4.78 is 0. The molecule has 0 saturated carbocycles. The van der Waals surface area contributed by atoms with Gasteiger partial charge in [0.2, 0.25) is 0 Å². The van der Waals surface area contributed by atoms with Gasteiger partial charge in [-0.3, -0.25) is 0 Å². The number of nitrogens with zero attached hydrogens (tertiary/aromatic N) is 4. The Bertz CT molecular complexity index is 1670. The summed E-state index contributed by atoms with van der Waals surface area (Å²) in [5, 5.41) is 0. The van der Waals surface area contributed by atoms with Crippen molar-refractivity contribution in [1.29, 1.82) is 0 Å². The smallest absolute Gasteiger partial charge is 0.271 e. The molecule has 0 unspecified atom stereocenters. The molecular weight excluding hydrogens is 583 g/mol. The van der Waals surface area contributed by atoms with Crippen LogP contribution in [0.2, 0.25) is 0 Å². The molecule has 0 bridgehead atoms. The van der Waals surface area contributed by atoms with Crippen molar-refractivity contribution in [3.05, 3.63) is 146 Å². The van der Waals surface area contributed by atoms with Crippen molar-refractivity contribution in [3.8, 4) is 0 Å². The Kier molecular flexibility index (Phi) is 10.0. The third-order valence-corrected chi connectivity index (χ3v) is 8.03. The summed E-state index contributed by atoms with van der Waals surface area (Å²) in [6, 6.07) is 19.6. The van der Waals surface area contributed by atoms with Gasteiger partial charge in [0.1, 0.15) is 29.4 Å². The number of aliphatic imine (C=N–C) groups is 2. The first-order valence-electron chi connectivity index (χ1n) is 14.5. The van der Waals surface area contributed by atoms with Crippen LogP contribution >= 0.6 is 0 Å². The van der Waals surface area contributed by atoms with Gasteiger partial charge in [0.25, 0.3) is 11.1 Å². The maximum absolute atomic E-state index is 4.72. The van der Waals surface area contributed by atoms with E-state index in [1.165, 1.54) is 44.8 Å². The zero-order valence-electron chi connectivity index (χ0n) is 26.0. The molecule has 1 fully saturated rings. The molecular formula is C38H36Cl2N4. The van der Waals surface area contributed by atoms with Gasteiger partial charge in [0.15, 0.2) is 12.4 Å². The highest BCUT2D eigenvalue weighted by atomic mass is 35.5. The summed E-state index contributed by atoms with van der Waals surface area (Å²) in [6.45, 7) is 15.0. The molecule has 3 aromatic carbocycles. The van der Waals surface area contributed by atoms with Crippen molar-refractivity contribution in [1.82, 2.24) is 0 Å². The predicted molar refractivity (Wildman–Crippen MR) is 177 cm³/mol. The van der Waals surface area contributed by atoms with Gasteiger partial charge in [-0.2, -0.15) is 0 Å². The van der Waals surface area contributed by atoms with Gasteiger partial charge in [-0.05, 0) is 69.4 Å². The van der Waals surface area contributed by atoms with Crippen LogP contribution in [0.15, 0.2) is 105 Å². The van der Waals surface area contributed by atoms with Crippen LogP contribution in [0, 0.1) is 53.9 Å². The Hall–Kier alpha value is -4.30. The Morgan fingerprint density at radius 1 is 0.705 bits per heavy atom. The maximum atomic E-state index is 4.72. The number of hydrogen-bond donors (Lipinski definition) is 0. The molecule has 0 atom stereocenters. The lowest BCUT2D eigenvalue weighted by Gasteiger charge is -2.30. The molecule has 0 aromatic heterocycles. The zero-order valence-corrected chi connectivity index (χ0v) is 27.6. The zero-order chi connectivity index (χ0) is 29.4. The Labute approximate surface area is 274 Å². The Morgan fingerprint density at radius 3 is 1.75 bits per heavy atom. The lowest BCUT2D eigenvalue weighted by atomic mass is 9.89. The molecule has 3 aliphatic heterocycles. The topological polar surface area (TPSA) is 31.2 Å². The van der Waals surface area contributed by atoms with E-state index in [1.54, 1.807) is 6.21 Å². The van der Waals surface area contributed by atoms with Gasteiger partial charge in [-0.25, -0.2) is 0 Å². The number of anilines is 2. The quantitative estimate of drug-likeness (QED) is 0.420. The van der Waals surface area contributed by atoms with Gasteiger partial charge in [-0.1, -0.05) is 75.7 Å². The second kappa shape index (κ2) is 13.6. The first-order chi connectivity index (χ1) is 20.3.